The maximum atomic E-state index is 11.2. The first-order chi connectivity index (χ1) is 11.1. The van der Waals surface area contributed by atoms with Crippen LogP contribution in [0.4, 0.5) is 11.5 Å². The van der Waals surface area contributed by atoms with Crippen molar-refractivity contribution in [1.29, 1.82) is 0 Å². The van der Waals surface area contributed by atoms with E-state index in [1.54, 1.807) is 23.6 Å². The van der Waals surface area contributed by atoms with Gasteiger partial charge in [0.1, 0.15) is 0 Å². The zero-order chi connectivity index (χ0) is 16.2. The second-order valence-corrected chi connectivity index (χ2v) is 6.11. The summed E-state index contributed by atoms with van der Waals surface area (Å²) in [6, 6.07) is 14.9. The summed E-state index contributed by atoms with van der Waals surface area (Å²) in [6.07, 6.45) is 1.55. The Bertz CT molecular complexity index is 801. The first-order valence-corrected chi connectivity index (χ1v) is 7.99. The third-order valence-electron chi connectivity index (χ3n) is 3.50. The van der Waals surface area contributed by atoms with Crippen LogP contribution in [0.5, 0.6) is 0 Å². The van der Waals surface area contributed by atoms with Crippen molar-refractivity contribution in [3.63, 3.8) is 0 Å². The van der Waals surface area contributed by atoms with Crippen LogP contribution >= 0.6 is 11.3 Å². The minimum Gasteiger partial charge on any atom is -0.353 e. The molecule has 0 saturated carbocycles. The Hall–Kier alpha value is -2.73. The Morgan fingerprint density at radius 1 is 1.17 bits per heavy atom. The predicted octanol–water partition coefficient (Wildman–Crippen LogP) is 4.56. The molecule has 0 unspecified atom stereocenters. The van der Waals surface area contributed by atoms with Gasteiger partial charge in [-0.25, -0.2) is 4.98 Å². The molecule has 2 aromatic heterocycles. The first kappa shape index (κ1) is 15.2. The van der Waals surface area contributed by atoms with E-state index in [2.05, 4.69) is 10.3 Å². The monoisotopic (exact) mass is 325 g/mol. The number of aromatic nitrogens is 1. The van der Waals surface area contributed by atoms with Crippen LogP contribution in [0.25, 0.3) is 0 Å². The van der Waals surface area contributed by atoms with Gasteiger partial charge in [-0.3, -0.25) is 10.1 Å². The number of pyridine rings is 1. The van der Waals surface area contributed by atoms with Crippen LogP contribution in [0.2, 0.25) is 0 Å². The van der Waals surface area contributed by atoms with Gasteiger partial charge in [-0.1, -0.05) is 35.9 Å². The van der Waals surface area contributed by atoms with E-state index in [1.807, 2.05) is 48.7 Å². The molecule has 1 N–H and O–H groups in total. The Morgan fingerprint density at radius 2 is 1.96 bits per heavy atom. The molecule has 0 spiro atoms. The van der Waals surface area contributed by atoms with Crippen molar-refractivity contribution in [3.8, 4) is 0 Å². The Kier molecular flexibility index (Phi) is 4.34. The van der Waals surface area contributed by atoms with Gasteiger partial charge in [-0.15, -0.1) is 11.3 Å². The Labute approximate surface area is 137 Å². The maximum Gasteiger partial charge on any atom is 0.311 e. The van der Waals surface area contributed by atoms with E-state index in [0.717, 1.165) is 10.4 Å². The molecule has 116 valence electrons. The molecular formula is C17H15N3O2S. The van der Waals surface area contributed by atoms with E-state index in [4.69, 9.17) is 0 Å². The minimum atomic E-state index is -0.421. The second-order valence-electron chi connectivity index (χ2n) is 5.13. The molecule has 0 aliphatic rings. The lowest BCUT2D eigenvalue weighted by atomic mass is 10.0. The third kappa shape index (κ3) is 3.37. The number of nitrogens with zero attached hydrogens (tertiary/aromatic N) is 2. The van der Waals surface area contributed by atoms with E-state index in [0.29, 0.717) is 0 Å². The molecule has 3 rings (SSSR count). The van der Waals surface area contributed by atoms with Crippen molar-refractivity contribution in [1.82, 2.24) is 4.98 Å². The van der Waals surface area contributed by atoms with Gasteiger partial charge in [0.25, 0.3) is 0 Å². The Balaban J connectivity index is 2.00. The molecule has 1 atom stereocenters. The lowest BCUT2D eigenvalue weighted by molar-refractivity contribution is -0.384. The van der Waals surface area contributed by atoms with Crippen molar-refractivity contribution < 1.29 is 4.92 Å². The van der Waals surface area contributed by atoms with E-state index >= 15 is 0 Å². The molecule has 0 aliphatic carbocycles. The summed E-state index contributed by atoms with van der Waals surface area (Å²) in [6.45, 7) is 2.03. The number of hydrogen-bond donors (Lipinski definition) is 1. The Morgan fingerprint density at radius 3 is 2.61 bits per heavy atom. The zero-order valence-electron chi connectivity index (χ0n) is 12.5. The molecule has 2 heterocycles. The fourth-order valence-electron chi connectivity index (χ4n) is 2.33. The second kappa shape index (κ2) is 6.58. The minimum absolute atomic E-state index is 0.0267. The molecule has 6 heteroatoms. The molecule has 23 heavy (non-hydrogen) atoms. The number of nitrogens with one attached hydrogen (secondary N) is 1. The van der Waals surface area contributed by atoms with Gasteiger partial charge in [0.05, 0.1) is 11.0 Å². The number of anilines is 1. The molecule has 5 nitrogen and oxygen atoms in total. The topological polar surface area (TPSA) is 68.1 Å². The van der Waals surface area contributed by atoms with Gasteiger partial charge in [0, 0.05) is 17.1 Å². The van der Waals surface area contributed by atoms with Gasteiger partial charge in [0.15, 0.2) is 0 Å². The van der Waals surface area contributed by atoms with Crippen LogP contribution < -0.4 is 5.32 Å². The highest BCUT2D eigenvalue weighted by atomic mass is 32.1. The highest BCUT2D eigenvalue weighted by molar-refractivity contribution is 7.10. The van der Waals surface area contributed by atoms with Gasteiger partial charge in [-0.05, 0) is 30.0 Å². The fourth-order valence-corrected chi connectivity index (χ4v) is 3.13. The molecular weight excluding hydrogens is 310 g/mol. The molecule has 0 bridgehead atoms. The highest BCUT2D eigenvalue weighted by Crippen LogP contribution is 2.32. The van der Waals surface area contributed by atoms with E-state index < -0.39 is 4.92 Å². The van der Waals surface area contributed by atoms with Crippen molar-refractivity contribution in [2.75, 3.05) is 5.32 Å². The number of hydrogen-bond acceptors (Lipinski definition) is 5. The largest absolute Gasteiger partial charge is 0.353 e. The van der Waals surface area contributed by atoms with Crippen LogP contribution in [0.3, 0.4) is 0 Å². The van der Waals surface area contributed by atoms with E-state index in [-0.39, 0.29) is 17.5 Å². The van der Waals surface area contributed by atoms with Gasteiger partial charge >= 0.3 is 5.69 Å². The predicted molar refractivity (Wildman–Crippen MR) is 91.9 cm³/mol. The summed E-state index contributed by atoms with van der Waals surface area (Å²) < 4.78 is 0. The summed E-state index contributed by atoms with van der Waals surface area (Å²) >= 11 is 1.60. The molecule has 0 aliphatic heterocycles. The summed E-state index contributed by atoms with van der Waals surface area (Å²) in [5.41, 5.74) is 2.18. The molecule has 1 aromatic carbocycles. The molecule has 3 aromatic rings. The standard InChI is InChI=1S/C17H15N3O2S/c1-12-6-8-13(9-7-12)16(15-5-3-11-23-15)19-17-14(20(21)22)4-2-10-18-17/h2-11,16H,1H3,(H,18,19)/t16-/m0/s1. The lowest BCUT2D eigenvalue weighted by Crippen LogP contribution is -2.13. The molecule has 0 saturated heterocycles. The van der Waals surface area contributed by atoms with Crippen LogP contribution in [0, 0.1) is 17.0 Å². The van der Waals surface area contributed by atoms with Crippen LogP contribution in [-0.4, -0.2) is 9.91 Å². The van der Waals surface area contributed by atoms with Crippen molar-refractivity contribution in [3.05, 3.63) is 86.2 Å². The average molecular weight is 325 g/mol. The van der Waals surface area contributed by atoms with Gasteiger partial charge in [-0.2, -0.15) is 0 Å². The van der Waals surface area contributed by atoms with E-state index in [9.17, 15) is 10.1 Å². The molecule has 0 radical (unpaired) electrons. The smallest absolute Gasteiger partial charge is 0.311 e. The maximum absolute atomic E-state index is 11.2. The number of aryl methyl sites for hydroxylation is 1. The average Bonchev–Trinajstić information content (AvgIpc) is 3.08. The SMILES string of the molecule is Cc1ccc([C@H](Nc2ncccc2[N+](=O)[O-])c2cccs2)cc1. The fraction of sp³-hybridized carbons (Fsp3) is 0.118. The molecule has 0 fully saturated rings. The van der Waals surface area contributed by atoms with Crippen LogP contribution in [-0.2, 0) is 0 Å². The number of nitro groups is 1. The third-order valence-corrected chi connectivity index (χ3v) is 4.44. The summed E-state index contributed by atoms with van der Waals surface area (Å²) in [4.78, 5) is 16.0. The van der Waals surface area contributed by atoms with Crippen molar-refractivity contribution in [2.24, 2.45) is 0 Å². The van der Waals surface area contributed by atoms with Crippen molar-refractivity contribution in [2.45, 2.75) is 13.0 Å². The summed E-state index contributed by atoms with van der Waals surface area (Å²) in [7, 11) is 0. The van der Waals surface area contributed by atoms with Gasteiger partial charge < -0.3 is 5.32 Å². The van der Waals surface area contributed by atoms with Crippen LogP contribution in [0.1, 0.15) is 22.0 Å². The quantitative estimate of drug-likeness (QED) is 0.551. The van der Waals surface area contributed by atoms with E-state index in [1.165, 1.54) is 11.6 Å². The summed E-state index contributed by atoms with van der Waals surface area (Å²) in [5.74, 6) is 0.275. The number of benzene rings is 1. The first-order valence-electron chi connectivity index (χ1n) is 7.11. The lowest BCUT2D eigenvalue weighted by Gasteiger charge is -2.18. The highest BCUT2D eigenvalue weighted by Gasteiger charge is 2.21. The summed E-state index contributed by atoms with van der Waals surface area (Å²) in [5, 5.41) is 16.4. The molecule has 0 amide bonds. The van der Waals surface area contributed by atoms with Crippen molar-refractivity contribution >= 4 is 22.8 Å². The normalized spacial score (nSPS) is 11.9. The van der Waals surface area contributed by atoms with Gasteiger partial charge in [0.2, 0.25) is 5.82 Å². The zero-order valence-corrected chi connectivity index (χ0v) is 13.3. The number of rotatable bonds is 5. The van der Waals surface area contributed by atoms with Crippen LogP contribution in [0.15, 0.2) is 60.1 Å². The number of thiophene rings is 1.